The number of anilines is 1. The van der Waals surface area contributed by atoms with E-state index < -0.39 is 23.6 Å². The largest absolute Gasteiger partial charge is 0.295 e. The van der Waals surface area contributed by atoms with Crippen LogP contribution >= 0.6 is 22.9 Å². The number of hydrogen-bond acceptors (Lipinski definition) is 2. The molecule has 0 N–H and O–H groups in total. The highest BCUT2D eigenvalue weighted by Gasteiger charge is 2.37. The first-order chi connectivity index (χ1) is 14.5. The molecular weight excluding hydrogens is 424 g/mol. The second-order valence-electron chi connectivity index (χ2n) is 6.95. The number of thiophene rings is 1. The highest BCUT2D eigenvalue weighted by molar-refractivity contribution is 7.16. The van der Waals surface area contributed by atoms with Gasteiger partial charge in [-0.3, -0.25) is 9.69 Å². The summed E-state index contributed by atoms with van der Waals surface area (Å²) in [5, 5.41) is 0. The number of hydrogen-bond donors (Lipinski definition) is 0. The van der Waals surface area contributed by atoms with Crippen molar-refractivity contribution in [3.63, 3.8) is 0 Å². The molecule has 1 aromatic heterocycles. The summed E-state index contributed by atoms with van der Waals surface area (Å²) in [4.78, 5) is 16.0. The molecule has 1 unspecified atom stereocenters. The van der Waals surface area contributed by atoms with Gasteiger partial charge in [0.15, 0.2) is 0 Å². The maximum Gasteiger partial charge on any atom is 0.262 e. The lowest BCUT2D eigenvalue weighted by molar-refractivity contribution is 0.0975. The average Bonchev–Trinajstić information content (AvgIpc) is 3.20. The normalized spacial score (nSPS) is 14.9. The van der Waals surface area contributed by atoms with Gasteiger partial charge >= 0.3 is 0 Å². The van der Waals surface area contributed by atoms with Crippen LogP contribution in [0.15, 0.2) is 78.9 Å². The molecule has 3 aromatic carbocycles. The van der Waals surface area contributed by atoms with Gasteiger partial charge in [0, 0.05) is 10.4 Å². The van der Waals surface area contributed by atoms with Crippen LogP contribution in [0.4, 0.5) is 14.5 Å². The lowest BCUT2D eigenvalue weighted by Gasteiger charge is -2.38. The van der Waals surface area contributed by atoms with E-state index in [9.17, 15) is 13.6 Å². The van der Waals surface area contributed by atoms with Crippen LogP contribution in [-0.2, 0) is 0 Å². The van der Waals surface area contributed by atoms with Crippen molar-refractivity contribution in [2.24, 2.45) is 0 Å². The summed E-state index contributed by atoms with van der Waals surface area (Å²) < 4.78 is 29.0. The second kappa shape index (κ2) is 7.35. The molecule has 2 heterocycles. The van der Waals surface area contributed by atoms with E-state index in [1.807, 2.05) is 54.6 Å². The lowest BCUT2D eigenvalue weighted by atomic mass is 9.87. The molecule has 5 rings (SSSR count). The Balaban J connectivity index is 1.78. The summed E-state index contributed by atoms with van der Waals surface area (Å²) in [6, 6.07) is 21.3. The molecule has 0 bridgehead atoms. The van der Waals surface area contributed by atoms with Crippen molar-refractivity contribution >= 4 is 34.5 Å². The molecule has 30 heavy (non-hydrogen) atoms. The Morgan fingerprint density at radius 2 is 1.63 bits per heavy atom. The van der Waals surface area contributed by atoms with E-state index in [0.29, 0.717) is 10.0 Å². The molecule has 0 spiro atoms. The summed E-state index contributed by atoms with van der Waals surface area (Å²) in [7, 11) is 0. The molecule has 0 saturated carbocycles. The summed E-state index contributed by atoms with van der Waals surface area (Å²) in [5.41, 5.74) is 3.08. The molecule has 1 amide bonds. The number of nitrogens with zero attached hydrogens (tertiary/aromatic N) is 1. The molecule has 0 radical (unpaired) electrons. The zero-order valence-corrected chi connectivity index (χ0v) is 17.1. The van der Waals surface area contributed by atoms with Crippen LogP contribution in [0.25, 0.3) is 11.1 Å². The predicted molar refractivity (Wildman–Crippen MR) is 116 cm³/mol. The lowest BCUT2D eigenvalue weighted by Crippen LogP contribution is -2.38. The molecule has 1 atom stereocenters. The zero-order chi connectivity index (χ0) is 20.8. The summed E-state index contributed by atoms with van der Waals surface area (Å²) in [6.45, 7) is 0. The third kappa shape index (κ3) is 3.02. The molecular formula is C24H14ClF2NOS. The first-order valence-electron chi connectivity index (χ1n) is 9.27. The van der Waals surface area contributed by atoms with Gasteiger partial charge in [0.25, 0.3) is 5.91 Å². The van der Waals surface area contributed by atoms with Gasteiger partial charge in [0.2, 0.25) is 0 Å². The summed E-state index contributed by atoms with van der Waals surface area (Å²) in [5.74, 6) is -2.04. The number of carbonyl (C=O) groups is 1. The standard InChI is InChI=1S/C24H14ClF2NOS/c25-22-12-11-21(30-22)23-17-7-2-1-5-15(17)16-6-3-4-8-20(16)28(23)24(29)18-13-14(26)9-10-19(18)27/h1-13,23H. The van der Waals surface area contributed by atoms with Crippen molar-refractivity contribution in [1.82, 2.24) is 0 Å². The molecule has 1 aliphatic heterocycles. The maximum absolute atomic E-state index is 14.5. The minimum Gasteiger partial charge on any atom is -0.295 e. The topological polar surface area (TPSA) is 20.3 Å². The highest BCUT2D eigenvalue weighted by Crippen LogP contribution is 2.49. The second-order valence-corrected chi connectivity index (χ2v) is 8.69. The van der Waals surface area contributed by atoms with Crippen molar-refractivity contribution in [2.75, 3.05) is 4.90 Å². The van der Waals surface area contributed by atoms with Crippen LogP contribution in [-0.4, -0.2) is 5.91 Å². The van der Waals surface area contributed by atoms with Crippen LogP contribution in [0, 0.1) is 11.6 Å². The predicted octanol–water partition coefficient (Wildman–Crippen LogP) is 7.10. The maximum atomic E-state index is 14.5. The van der Waals surface area contributed by atoms with Gasteiger partial charge in [-0.25, -0.2) is 8.78 Å². The van der Waals surface area contributed by atoms with Crippen molar-refractivity contribution in [3.8, 4) is 11.1 Å². The smallest absolute Gasteiger partial charge is 0.262 e. The van der Waals surface area contributed by atoms with Crippen LogP contribution in [0.2, 0.25) is 4.34 Å². The van der Waals surface area contributed by atoms with E-state index in [0.717, 1.165) is 39.8 Å². The van der Waals surface area contributed by atoms with E-state index >= 15 is 0 Å². The SMILES string of the molecule is O=C(c1cc(F)ccc1F)N1c2ccccc2-c2ccccc2C1c1ccc(Cl)s1. The first-order valence-corrected chi connectivity index (χ1v) is 10.5. The molecule has 0 saturated heterocycles. The van der Waals surface area contributed by atoms with E-state index in [2.05, 4.69) is 0 Å². The van der Waals surface area contributed by atoms with E-state index in [1.54, 1.807) is 6.07 Å². The molecule has 0 aliphatic carbocycles. The number of amides is 1. The van der Waals surface area contributed by atoms with Crippen LogP contribution in [0.5, 0.6) is 0 Å². The van der Waals surface area contributed by atoms with Crippen LogP contribution in [0.1, 0.15) is 26.8 Å². The zero-order valence-electron chi connectivity index (χ0n) is 15.5. The number of para-hydroxylation sites is 1. The fourth-order valence-electron chi connectivity index (χ4n) is 3.94. The molecule has 1 aliphatic rings. The first kappa shape index (κ1) is 19.0. The Morgan fingerprint density at radius 3 is 2.40 bits per heavy atom. The van der Waals surface area contributed by atoms with E-state index in [-0.39, 0.29) is 5.56 Å². The number of halogens is 3. The number of fused-ring (bicyclic) bond motifs is 3. The van der Waals surface area contributed by atoms with Crippen molar-refractivity contribution < 1.29 is 13.6 Å². The van der Waals surface area contributed by atoms with Gasteiger partial charge in [-0.1, -0.05) is 54.1 Å². The van der Waals surface area contributed by atoms with Gasteiger partial charge in [0.1, 0.15) is 11.6 Å². The molecule has 6 heteroatoms. The van der Waals surface area contributed by atoms with E-state index in [1.165, 1.54) is 16.2 Å². The van der Waals surface area contributed by atoms with E-state index in [4.69, 9.17) is 11.6 Å². The number of benzene rings is 3. The van der Waals surface area contributed by atoms with Gasteiger partial charge in [0.05, 0.1) is 21.6 Å². The van der Waals surface area contributed by atoms with Crippen molar-refractivity contribution in [2.45, 2.75) is 6.04 Å². The molecule has 2 nitrogen and oxygen atoms in total. The Morgan fingerprint density at radius 1 is 0.900 bits per heavy atom. The van der Waals surface area contributed by atoms with Crippen LogP contribution < -0.4 is 4.90 Å². The molecule has 148 valence electrons. The quantitative estimate of drug-likeness (QED) is 0.327. The van der Waals surface area contributed by atoms with Gasteiger partial charge in [-0.15, -0.1) is 11.3 Å². The van der Waals surface area contributed by atoms with Crippen molar-refractivity contribution in [1.29, 1.82) is 0 Å². The Hall–Kier alpha value is -3.02. The van der Waals surface area contributed by atoms with Gasteiger partial charge in [-0.05, 0) is 47.5 Å². The van der Waals surface area contributed by atoms with Crippen LogP contribution in [0.3, 0.4) is 0 Å². The number of carbonyl (C=O) groups excluding carboxylic acids is 1. The Kier molecular flexibility index (Phi) is 4.65. The number of rotatable bonds is 2. The fraction of sp³-hybridized carbons (Fsp3) is 0.0417. The third-order valence-electron chi connectivity index (χ3n) is 5.21. The highest BCUT2D eigenvalue weighted by atomic mass is 35.5. The summed E-state index contributed by atoms with van der Waals surface area (Å²) in [6.07, 6.45) is 0. The monoisotopic (exact) mass is 437 g/mol. The van der Waals surface area contributed by atoms with Crippen molar-refractivity contribution in [3.05, 3.63) is 111 Å². The average molecular weight is 438 g/mol. The fourth-order valence-corrected chi connectivity index (χ4v) is 5.12. The molecule has 0 fully saturated rings. The van der Waals surface area contributed by atoms with Gasteiger partial charge in [-0.2, -0.15) is 0 Å². The Labute approximate surface area is 181 Å². The minimum atomic E-state index is -0.763. The minimum absolute atomic E-state index is 0.308. The third-order valence-corrected chi connectivity index (χ3v) is 6.49. The van der Waals surface area contributed by atoms with Gasteiger partial charge < -0.3 is 0 Å². The molecule has 4 aromatic rings. The Bertz CT molecular complexity index is 1290. The summed E-state index contributed by atoms with van der Waals surface area (Å²) >= 11 is 7.56.